The smallest absolute Gasteiger partial charge is 0.550 e. The van der Waals surface area contributed by atoms with E-state index in [0.29, 0.717) is 64.3 Å². The monoisotopic (exact) mass is 857 g/mol. The third kappa shape index (κ3) is 10.4. The first-order chi connectivity index (χ1) is 27.7. The zero-order valence-corrected chi connectivity index (χ0v) is 40.8. The summed E-state index contributed by atoms with van der Waals surface area (Å²) in [4.78, 5) is 39.7. The van der Waals surface area contributed by atoms with Gasteiger partial charge in [0.2, 0.25) is 0 Å². The van der Waals surface area contributed by atoms with Crippen molar-refractivity contribution in [1.82, 2.24) is 10.6 Å². The predicted octanol–water partition coefficient (Wildman–Crippen LogP) is 2.57. The van der Waals surface area contributed by atoms with Gasteiger partial charge in [-0.05, 0) is 96.0 Å². The molecule has 0 aromatic rings. The van der Waals surface area contributed by atoms with Crippen LogP contribution in [0.3, 0.4) is 0 Å². The van der Waals surface area contributed by atoms with Gasteiger partial charge in [-0.2, -0.15) is 0 Å². The minimum atomic E-state index is -1.32. The van der Waals surface area contributed by atoms with Gasteiger partial charge in [-0.1, -0.05) is 68.4 Å². The number of aliphatic carboxylic acids is 1. The molecule has 0 aliphatic carbocycles. The Morgan fingerprint density at radius 3 is 2.18 bits per heavy atom. The summed E-state index contributed by atoms with van der Waals surface area (Å²) in [5.41, 5.74) is -1.69. The molecule has 5 rings (SSSR count). The fraction of sp³-hybridized carbons (Fsp3) is 0.891. The van der Waals surface area contributed by atoms with Gasteiger partial charge in [0.25, 0.3) is 0 Å². The Labute approximate surface area is 381 Å². The number of nitrogens with one attached hydrogen (secondary N) is 2. The summed E-state index contributed by atoms with van der Waals surface area (Å²) in [5.74, 6) is -6.35. The summed E-state index contributed by atoms with van der Waals surface area (Å²) < 4.78 is 34.4. The Hall–Kier alpha value is -1.13. The molecule has 2 amide bonds. The van der Waals surface area contributed by atoms with Gasteiger partial charge in [0.1, 0.15) is 11.8 Å². The van der Waals surface area contributed by atoms with Gasteiger partial charge < -0.3 is 54.4 Å². The average molecular weight is 857 g/mol. The van der Waals surface area contributed by atoms with Crippen molar-refractivity contribution >= 4 is 17.8 Å². The van der Waals surface area contributed by atoms with Crippen molar-refractivity contribution < 1.29 is 82.9 Å². The fourth-order valence-electron chi connectivity index (χ4n) is 11.1. The van der Waals surface area contributed by atoms with E-state index >= 15 is 0 Å². The molecule has 4 N–H and O–H groups in total. The Kier molecular flexibility index (Phi) is 17.9. The number of ketones is 1. The number of rotatable bonds is 15. The van der Waals surface area contributed by atoms with Crippen LogP contribution in [-0.2, 0) is 33.3 Å². The van der Waals surface area contributed by atoms with Crippen LogP contribution in [0, 0.1) is 41.4 Å². The van der Waals surface area contributed by atoms with Gasteiger partial charge in [0.15, 0.2) is 11.6 Å². The van der Waals surface area contributed by atoms with E-state index < -0.39 is 82.9 Å². The van der Waals surface area contributed by atoms with Crippen LogP contribution in [0.1, 0.15) is 147 Å². The summed E-state index contributed by atoms with van der Waals surface area (Å²) in [6.07, 6.45) is 7.16. The number of carboxylic acids is 1. The molecule has 5 heterocycles. The molecule has 0 saturated carbocycles. The van der Waals surface area contributed by atoms with E-state index in [2.05, 4.69) is 31.4 Å². The van der Waals surface area contributed by atoms with Gasteiger partial charge in [-0.3, -0.25) is 4.79 Å². The van der Waals surface area contributed by atoms with Crippen LogP contribution in [0.25, 0.3) is 0 Å². The van der Waals surface area contributed by atoms with Crippen molar-refractivity contribution in [3.05, 3.63) is 12.2 Å². The second-order valence-corrected chi connectivity index (χ2v) is 19.3. The molecule has 5 aliphatic heterocycles. The van der Waals surface area contributed by atoms with Crippen molar-refractivity contribution in [1.29, 1.82) is 0 Å². The quantitative estimate of drug-likeness (QED) is 0.140. The maximum Gasteiger partial charge on any atom is 1.00 e. The predicted molar refractivity (Wildman–Crippen MR) is 221 cm³/mol. The molecule has 60 heavy (non-hydrogen) atoms. The maximum absolute atomic E-state index is 14.6. The molecule has 5 aliphatic rings. The summed E-state index contributed by atoms with van der Waals surface area (Å²) >= 11 is 0. The number of carboxylic acid groups (broad SMARTS) is 1. The van der Waals surface area contributed by atoms with Crippen LogP contribution in [-0.4, -0.2) is 100.0 Å². The van der Waals surface area contributed by atoms with Crippen molar-refractivity contribution in [3.8, 4) is 0 Å². The Balaban J connectivity index is 0.00000794. The number of carbonyl (C=O) groups is 3. The molecule has 338 valence electrons. The number of hydrogen-bond acceptors (Lipinski definition) is 11. The van der Waals surface area contributed by atoms with Gasteiger partial charge in [0, 0.05) is 48.5 Å². The zero-order chi connectivity index (χ0) is 43.7. The van der Waals surface area contributed by atoms with Crippen LogP contribution >= 0.6 is 0 Å². The maximum atomic E-state index is 14.6. The Morgan fingerprint density at radius 2 is 1.58 bits per heavy atom. The van der Waals surface area contributed by atoms with Crippen molar-refractivity contribution in [2.75, 3.05) is 6.54 Å². The summed E-state index contributed by atoms with van der Waals surface area (Å²) in [5, 5.41) is 40.9. The van der Waals surface area contributed by atoms with Gasteiger partial charge in [-0.25, -0.2) is 4.79 Å². The van der Waals surface area contributed by atoms with E-state index in [0.717, 1.165) is 12.8 Å². The molecule has 0 aromatic carbocycles. The molecule has 2 spiro atoms. The van der Waals surface area contributed by atoms with E-state index in [1.54, 1.807) is 6.92 Å². The van der Waals surface area contributed by atoms with Crippen LogP contribution in [0.15, 0.2) is 12.2 Å². The number of hydrogen-bond donors (Lipinski definition) is 4. The zero-order valence-electron chi connectivity index (χ0n) is 38.8. The molecular formula is C46H77N2NaO11. The Bertz CT molecular complexity index is 1500. The van der Waals surface area contributed by atoms with Crippen molar-refractivity contribution in [2.45, 2.75) is 212 Å². The number of Topliss-reactive ketones (excluding diaryl/α,β-unsaturated/α-hetero) is 1. The standard InChI is InChI=1S/C46H78N2O11.Na/c1-12-24-47-42(53)48-35-18-21-45(59-46(35)23-22-43(11,58-46)36-19-20-44(54,15-4)31(10)55-36)28(7)25-27(6)40(57-45)33(14-3)38(50)29(8)37(49)30(9)39-26(5)16-17-34(56-39)32(13-2)41(51)52;/h18,21,26-37,39-40,49,54H,12-17,19-20,22-25H2,1-11H3,(H,51,52)(H2,47,48,53);/q;+1/p-1/t26-,27-,28+,29-,30-,31-,32+,33-,34+,35+,36+,37+,39+,40-,43-,44+,45-,46-;/m0./s1. The van der Waals surface area contributed by atoms with E-state index in [4.69, 9.17) is 23.7 Å². The SMILES string of the molecule is CCCNC(=O)N[C@@H]1C=C[C@]2(O[C@H]([C@@H](CC)C(=O)[C@@H](C)[C@@H](O)[C@H](C)[C@@H]3O[C@@H]([C@@H](CC)C(=O)[O-])CC[C@@H]3C)[C@@H](C)C[C@H]2C)O[C@@]12CC[C@@](C)([C@H]1CC[C@](O)(CC)[C@H](C)O1)O2.[Na+]. The second kappa shape index (κ2) is 20.8. The van der Waals surface area contributed by atoms with Gasteiger partial charge in [0.05, 0.1) is 47.8 Å². The number of aliphatic hydroxyl groups is 2. The first kappa shape index (κ1) is 51.5. The Morgan fingerprint density at radius 1 is 0.900 bits per heavy atom. The minimum absolute atomic E-state index is 0. The molecule has 0 bridgehead atoms. The number of aliphatic hydroxyl groups excluding tert-OH is 1. The summed E-state index contributed by atoms with van der Waals surface area (Å²) in [6.45, 7) is 22.1. The van der Waals surface area contributed by atoms with Crippen LogP contribution < -0.4 is 45.3 Å². The molecule has 4 fully saturated rings. The molecule has 0 aromatic heterocycles. The van der Waals surface area contributed by atoms with E-state index in [-0.39, 0.29) is 71.3 Å². The first-order valence-electron chi connectivity index (χ1n) is 23.0. The molecular weight excluding hydrogens is 779 g/mol. The number of carbonyl (C=O) groups excluding carboxylic acids is 3. The largest absolute Gasteiger partial charge is 1.00 e. The van der Waals surface area contributed by atoms with Crippen LogP contribution in [0.2, 0.25) is 0 Å². The summed E-state index contributed by atoms with van der Waals surface area (Å²) in [6, 6.07) is -0.985. The summed E-state index contributed by atoms with van der Waals surface area (Å²) in [7, 11) is 0. The normalized spacial score (nSPS) is 41.8. The van der Waals surface area contributed by atoms with Crippen molar-refractivity contribution in [2.24, 2.45) is 41.4 Å². The number of amides is 2. The second-order valence-electron chi connectivity index (χ2n) is 19.3. The molecule has 14 heteroatoms. The van der Waals surface area contributed by atoms with Crippen LogP contribution in [0.4, 0.5) is 4.79 Å². The average Bonchev–Trinajstić information content (AvgIpc) is 3.54. The number of urea groups is 1. The molecule has 18 atom stereocenters. The van der Waals surface area contributed by atoms with Crippen LogP contribution in [0.5, 0.6) is 0 Å². The third-order valence-corrected chi connectivity index (χ3v) is 15.3. The van der Waals surface area contributed by atoms with Gasteiger partial charge in [-0.15, -0.1) is 0 Å². The molecule has 0 radical (unpaired) electrons. The fourth-order valence-corrected chi connectivity index (χ4v) is 11.1. The topological polar surface area (TPSA) is 185 Å². The third-order valence-electron chi connectivity index (χ3n) is 15.3. The van der Waals surface area contributed by atoms with E-state index in [1.807, 2.05) is 60.6 Å². The molecule has 13 nitrogen and oxygen atoms in total. The van der Waals surface area contributed by atoms with Gasteiger partial charge >= 0.3 is 35.6 Å². The molecule has 0 unspecified atom stereocenters. The minimum Gasteiger partial charge on any atom is -0.550 e. The number of ether oxygens (including phenoxy) is 5. The molecule has 4 saturated heterocycles. The van der Waals surface area contributed by atoms with E-state index in [1.165, 1.54) is 0 Å². The first-order valence-corrected chi connectivity index (χ1v) is 23.0. The van der Waals surface area contributed by atoms with Crippen molar-refractivity contribution in [3.63, 3.8) is 0 Å². The van der Waals surface area contributed by atoms with E-state index in [9.17, 15) is 29.7 Å².